The Balaban J connectivity index is 1.49. The van der Waals surface area contributed by atoms with E-state index in [0.717, 1.165) is 47.0 Å². The van der Waals surface area contributed by atoms with Gasteiger partial charge in [0.2, 0.25) is 5.91 Å². The van der Waals surface area contributed by atoms with Gasteiger partial charge < -0.3 is 31.5 Å². The van der Waals surface area contributed by atoms with E-state index in [0.29, 0.717) is 11.5 Å². The molecule has 0 bridgehead atoms. The summed E-state index contributed by atoms with van der Waals surface area (Å²) < 4.78 is 0. The predicted molar refractivity (Wildman–Crippen MR) is 150 cm³/mol. The minimum absolute atomic E-state index is 0.0362. The van der Waals surface area contributed by atoms with Crippen LogP contribution in [0.5, 0.6) is 0 Å². The SMILES string of the molecule is CCC(N/C(=C\O)CNC(=O)Cc1ccc(N/C(=C\O)Nc2ccccc2C)cc1)c1ccc(C)cc1. The highest BCUT2D eigenvalue weighted by atomic mass is 16.2. The Morgan fingerprint density at radius 2 is 1.59 bits per heavy atom. The van der Waals surface area contributed by atoms with E-state index in [1.807, 2.05) is 62.4 Å². The van der Waals surface area contributed by atoms with Gasteiger partial charge in [0.15, 0.2) is 0 Å². The first-order chi connectivity index (χ1) is 17.9. The number of carbonyl (C=O) groups is 1. The van der Waals surface area contributed by atoms with Gasteiger partial charge in [-0.25, -0.2) is 0 Å². The highest BCUT2D eigenvalue weighted by Gasteiger charge is 2.12. The highest BCUT2D eigenvalue weighted by Crippen LogP contribution is 2.19. The zero-order valence-corrected chi connectivity index (χ0v) is 21.6. The van der Waals surface area contributed by atoms with Gasteiger partial charge in [-0.05, 0) is 55.2 Å². The van der Waals surface area contributed by atoms with E-state index in [-0.39, 0.29) is 24.9 Å². The molecule has 3 aromatic rings. The van der Waals surface area contributed by atoms with Gasteiger partial charge >= 0.3 is 0 Å². The average Bonchev–Trinajstić information content (AvgIpc) is 2.91. The van der Waals surface area contributed by atoms with Crippen LogP contribution in [0.3, 0.4) is 0 Å². The van der Waals surface area contributed by atoms with Crippen molar-refractivity contribution in [2.24, 2.45) is 0 Å². The number of hydrogen-bond acceptors (Lipinski definition) is 6. The van der Waals surface area contributed by atoms with Crippen molar-refractivity contribution in [2.75, 3.05) is 17.2 Å². The first kappa shape index (κ1) is 27.2. The topological polar surface area (TPSA) is 106 Å². The van der Waals surface area contributed by atoms with Gasteiger partial charge in [-0.15, -0.1) is 0 Å². The number of nitrogens with one attached hydrogen (secondary N) is 4. The third-order valence-corrected chi connectivity index (χ3v) is 6.02. The average molecular weight is 501 g/mol. The first-order valence-electron chi connectivity index (χ1n) is 12.4. The monoisotopic (exact) mass is 500 g/mol. The molecule has 3 rings (SSSR count). The van der Waals surface area contributed by atoms with Gasteiger partial charge in [-0.1, -0.05) is 67.1 Å². The van der Waals surface area contributed by atoms with E-state index in [9.17, 15) is 15.0 Å². The lowest BCUT2D eigenvalue weighted by molar-refractivity contribution is -0.120. The molecular formula is C30H36N4O3. The van der Waals surface area contributed by atoms with Crippen LogP contribution in [-0.4, -0.2) is 22.7 Å². The Labute approximate surface area is 218 Å². The van der Waals surface area contributed by atoms with Crippen molar-refractivity contribution in [1.29, 1.82) is 0 Å². The van der Waals surface area contributed by atoms with Gasteiger partial charge in [-0.3, -0.25) is 4.79 Å². The number of para-hydroxylation sites is 1. The quantitative estimate of drug-likeness (QED) is 0.171. The lowest BCUT2D eigenvalue weighted by atomic mass is 10.0. The Hall–Kier alpha value is -4.39. The molecule has 7 nitrogen and oxygen atoms in total. The number of hydrogen-bond donors (Lipinski definition) is 6. The van der Waals surface area contributed by atoms with E-state index >= 15 is 0 Å². The molecule has 1 amide bonds. The molecule has 1 atom stereocenters. The van der Waals surface area contributed by atoms with Crippen molar-refractivity contribution in [3.8, 4) is 0 Å². The normalized spacial score (nSPS) is 12.5. The van der Waals surface area contributed by atoms with Crippen LogP contribution in [0.25, 0.3) is 0 Å². The van der Waals surface area contributed by atoms with Crippen molar-refractivity contribution >= 4 is 17.3 Å². The third kappa shape index (κ3) is 8.35. The van der Waals surface area contributed by atoms with Crippen molar-refractivity contribution < 1.29 is 15.0 Å². The molecule has 0 aliphatic carbocycles. The molecule has 0 aliphatic rings. The van der Waals surface area contributed by atoms with Crippen molar-refractivity contribution in [3.05, 3.63) is 119 Å². The molecule has 0 saturated heterocycles. The van der Waals surface area contributed by atoms with Crippen molar-refractivity contribution in [3.63, 3.8) is 0 Å². The van der Waals surface area contributed by atoms with Crippen LogP contribution in [0.4, 0.5) is 11.4 Å². The number of carbonyl (C=O) groups excluding carboxylic acids is 1. The van der Waals surface area contributed by atoms with E-state index in [1.165, 1.54) is 5.56 Å². The van der Waals surface area contributed by atoms with Crippen LogP contribution in [-0.2, 0) is 11.2 Å². The first-order valence-corrected chi connectivity index (χ1v) is 12.4. The zero-order chi connectivity index (χ0) is 26.6. The van der Waals surface area contributed by atoms with Crippen molar-refractivity contribution in [2.45, 2.75) is 39.7 Å². The van der Waals surface area contributed by atoms with E-state index < -0.39 is 0 Å². The molecule has 0 fully saturated rings. The van der Waals surface area contributed by atoms with Crippen LogP contribution >= 0.6 is 0 Å². The van der Waals surface area contributed by atoms with E-state index in [1.54, 1.807) is 0 Å². The molecule has 7 heteroatoms. The number of aryl methyl sites for hydroxylation is 2. The summed E-state index contributed by atoms with van der Waals surface area (Å²) in [6.07, 6.45) is 3.03. The number of rotatable bonds is 12. The minimum atomic E-state index is -0.151. The third-order valence-electron chi connectivity index (χ3n) is 6.02. The van der Waals surface area contributed by atoms with E-state index in [2.05, 4.69) is 52.5 Å². The molecule has 1 unspecified atom stereocenters. The molecular weight excluding hydrogens is 464 g/mol. The van der Waals surface area contributed by atoms with Crippen LogP contribution in [0, 0.1) is 13.8 Å². The van der Waals surface area contributed by atoms with Gasteiger partial charge in [-0.2, -0.15) is 0 Å². The number of aliphatic hydroxyl groups is 2. The summed E-state index contributed by atoms with van der Waals surface area (Å²) >= 11 is 0. The predicted octanol–water partition coefficient (Wildman–Crippen LogP) is 5.98. The molecule has 3 aromatic carbocycles. The summed E-state index contributed by atoms with van der Waals surface area (Å²) in [4.78, 5) is 12.5. The van der Waals surface area contributed by atoms with Crippen LogP contribution < -0.4 is 21.3 Å². The lowest BCUT2D eigenvalue weighted by Crippen LogP contribution is -2.32. The molecule has 6 N–H and O–H groups in total. The Kier molecular flexibility index (Phi) is 10.0. The molecule has 0 spiro atoms. The summed E-state index contributed by atoms with van der Waals surface area (Å²) in [6.45, 7) is 6.30. The summed E-state index contributed by atoms with van der Waals surface area (Å²) in [6, 6.07) is 23.5. The minimum Gasteiger partial charge on any atom is -0.514 e. The maximum atomic E-state index is 12.5. The zero-order valence-electron chi connectivity index (χ0n) is 21.6. The standard InChI is InChI=1S/C30H36N4O3/c1-4-27(24-13-9-21(2)10-14-24)32-26(19-35)18-31-30(37)17-23-11-15-25(16-12-23)33-29(20-36)34-28-8-6-5-7-22(28)3/h5-16,19-20,27,32-36H,4,17-18H2,1-3H3,(H,31,37)/b26-19-,29-20+. The molecule has 194 valence electrons. The fourth-order valence-electron chi connectivity index (χ4n) is 3.83. The number of aliphatic hydroxyl groups excluding tert-OH is 2. The summed E-state index contributed by atoms with van der Waals surface area (Å²) in [7, 11) is 0. The molecule has 0 saturated carbocycles. The second kappa shape index (κ2) is 13.6. The fraction of sp³-hybridized carbons (Fsp3) is 0.233. The smallest absolute Gasteiger partial charge is 0.224 e. The van der Waals surface area contributed by atoms with Gasteiger partial charge in [0.25, 0.3) is 0 Å². The van der Waals surface area contributed by atoms with Crippen LogP contribution in [0.15, 0.2) is 96.8 Å². The second-order valence-electron chi connectivity index (χ2n) is 8.93. The van der Waals surface area contributed by atoms with Crippen LogP contribution in [0.2, 0.25) is 0 Å². The molecule has 0 aromatic heterocycles. The molecule has 0 heterocycles. The lowest BCUT2D eigenvalue weighted by Gasteiger charge is -2.21. The molecule has 0 radical (unpaired) electrons. The Bertz CT molecular complexity index is 1220. The van der Waals surface area contributed by atoms with Gasteiger partial charge in [0.1, 0.15) is 12.1 Å². The van der Waals surface area contributed by atoms with Crippen molar-refractivity contribution in [1.82, 2.24) is 10.6 Å². The Morgan fingerprint density at radius 1 is 0.892 bits per heavy atom. The largest absolute Gasteiger partial charge is 0.514 e. The van der Waals surface area contributed by atoms with E-state index in [4.69, 9.17) is 0 Å². The van der Waals surface area contributed by atoms with Crippen LogP contribution in [0.1, 0.15) is 41.6 Å². The number of amides is 1. The molecule has 0 aliphatic heterocycles. The maximum absolute atomic E-state index is 12.5. The second-order valence-corrected chi connectivity index (χ2v) is 8.93. The maximum Gasteiger partial charge on any atom is 0.224 e. The Morgan fingerprint density at radius 3 is 2.22 bits per heavy atom. The van der Waals surface area contributed by atoms with Gasteiger partial charge in [0, 0.05) is 11.4 Å². The molecule has 37 heavy (non-hydrogen) atoms. The highest BCUT2D eigenvalue weighted by molar-refractivity contribution is 5.79. The van der Waals surface area contributed by atoms with Gasteiger partial charge in [0.05, 0.1) is 31.0 Å². The summed E-state index contributed by atoms with van der Waals surface area (Å²) in [5, 5.41) is 31.8. The fourth-order valence-corrected chi connectivity index (χ4v) is 3.83. The number of anilines is 2. The summed E-state index contributed by atoms with van der Waals surface area (Å²) in [5.74, 6) is 0.286. The summed E-state index contributed by atoms with van der Waals surface area (Å²) in [5.41, 5.74) is 6.42. The number of benzene rings is 3.